The molecule has 1 fully saturated rings. The summed E-state index contributed by atoms with van der Waals surface area (Å²) in [5.74, 6) is 0. The summed E-state index contributed by atoms with van der Waals surface area (Å²) in [6.45, 7) is 0. The Kier molecular flexibility index (Phi) is 4.06. The van der Waals surface area contributed by atoms with Crippen LogP contribution in [0.25, 0.3) is 0 Å². The third-order valence-electron chi connectivity index (χ3n) is 3.51. The molecule has 4 N–H and O–H groups in total. The van der Waals surface area contributed by atoms with Gasteiger partial charge in [0.2, 0.25) is 0 Å². The summed E-state index contributed by atoms with van der Waals surface area (Å²) in [6.07, 6.45) is 4.90. The van der Waals surface area contributed by atoms with E-state index in [2.05, 4.69) is 11.4 Å². The number of nitrogens with zero attached hydrogens (tertiary/aromatic N) is 1. The fraction of sp³-hybridized carbons (Fsp3) is 0.500. The van der Waals surface area contributed by atoms with E-state index in [4.69, 9.17) is 11.0 Å². The number of nitriles is 1. The molecule has 1 saturated carbocycles. The first-order chi connectivity index (χ1) is 8.70. The topological polar surface area (TPSA) is 82.1 Å². The highest BCUT2D eigenvalue weighted by Crippen LogP contribution is 2.23. The summed E-state index contributed by atoms with van der Waals surface area (Å²) in [4.78, 5) is 0. The quantitative estimate of drug-likeness (QED) is 0.551. The zero-order valence-corrected chi connectivity index (χ0v) is 10.4. The fourth-order valence-corrected chi connectivity index (χ4v) is 2.41. The number of benzene rings is 1. The molecule has 0 bridgehead atoms. The van der Waals surface area contributed by atoms with Crippen molar-refractivity contribution in [2.75, 3.05) is 11.1 Å². The normalized spacial score (nSPS) is 24.0. The Bertz CT molecular complexity index is 453. The SMILES string of the molecule is N#Cc1cc(NC2CCCCCC2O)ccc1N. The number of nitrogen functional groups attached to an aromatic ring is 1. The minimum Gasteiger partial charge on any atom is -0.398 e. The number of hydrogen-bond donors (Lipinski definition) is 3. The maximum atomic E-state index is 10.0. The number of hydrogen-bond acceptors (Lipinski definition) is 4. The summed E-state index contributed by atoms with van der Waals surface area (Å²) in [7, 11) is 0. The number of nitrogens with one attached hydrogen (secondary N) is 1. The van der Waals surface area contributed by atoms with Crippen molar-refractivity contribution < 1.29 is 5.11 Å². The van der Waals surface area contributed by atoms with Gasteiger partial charge in [-0.2, -0.15) is 5.26 Å². The first-order valence-electron chi connectivity index (χ1n) is 6.45. The van der Waals surface area contributed by atoms with Gasteiger partial charge in [0.25, 0.3) is 0 Å². The molecule has 0 amide bonds. The molecule has 18 heavy (non-hydrogen) atoms. The Morgan fingerprint density at radius 2 is 2.06 bits per heavy atom. The molecule has 1 aliphatic rings. The molecule has 2 atom stereocenters. The van der Waals surface area contributed by atoms with E-state index in [0.717, 1.165) is 31.4 Å². The molecule has 0 heterocycles. The van der Waals surface area contributed by atoms with Crippen molar-refractivity contribution in [3.05, 3.63) is 23.8 Å². The Hall–Kier alpha value is -1.73. The molecule has 0 radical (unpaired) electrons. The van der Waals surface area contributed by atoms with Crippen molar-refractivity contribution in [3.8, 4) is 6.07 Å². The van der Waals surface area contributed by atoms with Crippen LogP contribution < -0.4 is 11.1 Å². The summed E-state index contributed by atoms with van der Waals surface area (Å²) in [6, 6.07) is 7.46. The summed E-state index contributed by atoms with van der Waals surface area (Å²) in [5, 5.41) is 22.3. The smallest absolute Gasteiger partial charge is 0.101 e. The van der Waals surface area contributed by atoms with Gasteiger partial charge in [0.15, 0.2) is 0 Å². The van der Waals surface area contributed by atoms with E-state index in [9.17, 15) is 5.11 Å². The highest BCUT2D eigenvalue weighted by molar-refractivity contribution is 5.62. The van der Waals surface area contributed by atoms with Gasteiger partial charge in [-0.3, -0.25) is 0 Å². The lowest BCUT2D eigenvalue weighted by Crippen LogP contribution is -2.32. The van der Waals surface area contributed by atoms with Gasteiger partial charge in [-0.05, 0) is 31.0 Å². The lowest BCUT2D eigenvalue weighted by Gasteiger charge is -2.23. The molecule has 1 aromatic carbocycles. The molecule has 2 unspecified atom stereocenters. The van der Waals surface area contributed by atoms with Crippen LogP contribution >= 0.6 is 0 Å². The van der Waals surface area contributed by atoms with Crippen molar-refractivity contribution in [3.63, 3.8) is 0 Å². The van der Waals surface area contributed by atoms with Gasteiger partial charge >= 0.3 is 0 Å². The molecule has 4 nitrogen and oxygen atoms in total. The monoisotopic (exact) mass is 245 g/mol. The maximum Gasteiger partial charge on any atom is 0.101 e. The van der Waals surface area contributed by atoms with E-state index in [1.165, 1.54) is 6.42 Å². The molecule has 96 valence electrons. The number of aliphatic hydroxyl groups is 1. The van der Waals surface area contributed by atoms with Crippen LogP contribution in [0.2, 0.25) is 0 Å². The van der Waals surface area contributed by atoms with Crippen LogP contribution in [0.4, 0.5) is 11.4 Å². The van der Waals surface area contributed by atoms with Crippen molar-refractivity contribution in [1.82, 2.24) is 0 Å². The predicted molar refractivity (Wildman–Crippen MR) is 72.1 cm³/mol. The Balaban J connectivity index is 2.10. The molecule has 0 aromatic heterocycles. The number of rotatable bonds is 2. The largest absolute Gasteiger partial charge is 0.398 e. The van der Waals surface area contributed by atoms with Crippen LogP contribution in [0.5, 0.6) is 0 Å². The van der Waals surface area contributed by atoms with Gasteiger partial charge in [0, 0.05) is 11.4 Å². The van der Waals surface area contributed by atoms with Crippen LogP contribution in [0, 0.1) is 11.3 Å². The van der Waals surface area contributed by atoms with Crippen LogP contribution in [-0.2, 0) is 0 Å². The van der Waals surface area contributed by atoms with Gasteiger partial charge in [-0.1, -0.05) is 19.3 Å². The number of anilines is 2. The van der Waals surface area contributed by atoms with Gasteiger partial charge in [0.1, 0.15) is 6.07 Å². The average Bonchev–Trinajstić information content (AvgIpc) is 2.57. The molecular weight excluding hydrogens is 226 g/mol. The second kappa shape index (κ2) is 5.74. The summed E-state index contributed by atoms with van der Waals surface area (Å²) in [5.41, 5.74) is 7.50. The Morgan fingerprint density at radius 1 is 1.28 bits per heavy atom. The number of nitrogens with two attached hydrogens (primary N) is 1. The minimum absolute atomic E-state index is 0.0719. The second-order valence-corrected chi connectivity index (χ2v) is 4.87. The first-order valence-corrected chi connectivity index (χ1v) is 6.45. The fourth-order valence-electron chi connectivity index (χ4n) is 2.41. The molecule has 0 saturated heterocycles. The molecule has 2 rings (SSSR count). The van der Waals surface area contributed by atoms with Crippen molar-refractivity contribution in [1.29, 1.82) is 5.26 Å². The average molecular weight is 245 g/mol. The standard InChI is InChI=1S/C14H19N3O/c15-9-10-8-11(6-7-12(10)16)17-13-4-2-1-3-5-14(13)18/h6-8,13-14,17-18H,1-5,16H2. The third-order valence-corrected chi connectivity index (χ3v) is 3.51. The van der Waals surface area contributed by atoms with Gasteiger partial charge in [0.05, 0.1) is 17.7 Å². The lowest BCUT2D eigenvalue weighted by atomic mass is 10.1. The van der Waals surface area contributed by atoms with E-state index in [-0.39, 0.29) is 12.1 Å². The molecule has 4 heteroatoms. The van der Waals surface area contributed by atoms with Crippen LogP contribution in [-0.4, -0.2) is 17.3 Å². The van der Waals surface area contributed by atoms with Gasteiger partial charge < -0.3 is 16.2 Å². The minimum atomic E-state index is -0.310. The van der Waals surface area contributed by atoms with Crippen LogP contribution in [0.15, 0.2) is 18.2 Å². The van der Waals surface area contributed by atoms with E-state index in [1.54, 1.807) is 12.1 Å². The van der Waals surface area contributed by atoms with E-state index in [1.807, 2.05) is 6.07 Å². The van der Waals surface area contributed by atoms with Crippen LogP contribution in [0.1, 0.15) is 37.7 Å². The van der Waals surface area contributed by atoms with Crippen molar-refractivity contribution >= 4 is 11.4 Å². The Morgan fingerprint density at radius 3 is 2.83 bits per heavy atom. The van der Waals surface area contributed by atoms with E-state index < -0.39 is 0 Å². The third kappa shape index (κ3) is 2.93. The highest BCUT2D eigenvalue weighted by Gasteiger charge is 2.21. The molecule has 1 aromatic rings. The van der Waals surface area contributed by atoms with E-state index >= 15 is 0 Å². The van der Waals surface area contributed by atoms with Crippen molar-refractivity contribution in [2.45, 2.75) is 44.2 Å². The van der Waals surface area contributed by atoms with E-state index in [0.29, 0.717) is 11.3 Å². The van der Waals surface area contributed by atoms with Gasteiger partial charge in [-0.25, -0.2) is 0 Å². The summed E-state index contributed by atoms with van der Waals surface area (Å²) >= 11 is 0. The van der Waals surface area contributed by atoms with Gasteiger partial charge in [-0.15, -0.1) is 0 Å². The first kappa shape index (κ1) is 12.7. The van der Waals surface area contributed by atoms with Crippen LogP contribution in [0.3, 0.4) is 0 Å². The predicted octanol–water partition coefficient (Wildman–Crippen LogP) is 2.25. The Labute approximate surface area is 107 Å². The molecule has 0 spiro atoms. The zero-order valence-electron chi connectivity index (χ0n) is 10.4. The summed E-state index contributed by atoms with van der Waals surface area (Å²) < 4.78 is 0. The maximum absolute atomic E-state index is 10.0. The molecule has 0 aliphatic heterocycles. The number of aliphatic hydroxyl groups excluding tert-OH is 1. The zero-order chi connectivity index (χ0) is 13.0. The highest BCUT2D eigenvalue weighted by atomic mass is 16.3. The molecular formula is C14H19N3O. The molecule has 1 aliphatic carbocycles. The van der Waals surface area contributed by atoms with Crippen molar-refractivity contribution in [2.24, 2.45) is 0 Å². The lowest BCUT2D eigenvalue weighted by molar-refractivity contribution is 0.144. The second-order valence-electron chi connectivity index (χ2n) is 4.87.